The van der Waals surface area contributed by atoms with E-state index in [1.807, 2.05) is 19.4 Å². The van der Waals surface area contributed by atoms with E-state index < -0.39 is 0 Å². The van der Waals surface area contributed by atoms with E-state index in [4.69, 9.17) is 0 Å². The van der Waals surface area contributed by atoms with Crippen LogP contribution in [0.4, 0.5) is 0 Å². The predicted octanol–water partition coefficient (Wildman–Crippen LogP) is 0.437. The van der Waals surface area contributed by atoms with Crippen LogP contribution in [-0.2, 0) is 22.6 Å². The zero-order valence-electron chi connectivity index (χ0n) is 12.2. The van der Waals surface area contributed by atoms with Crippen molar-refractivity contribution in [1.29, 1.82) is 0 Å². The van der Waals surface area contributed by atoms with Gasteiger partial charge < -0.3 is 14.4 Å². The van der Waals surface area contributed by atoms with Crippen LogP contribution in [0, 0.1) is 5.92 Å². The van der Waals surface area contributed by atoms with E-state index in [2.05, 4.69) is 9.55 Å². The van der Waals surface area contributed by atoms with Gasteiger partial charge >= 0.3 is 0 Å². The number of aromatic nitrogens is 2. The summed E-state index contributed by atoms with van der Waals surface area (Å²) in [5, 5.41) is 0. The summed E-state index contributed by atoms with van der Waals surface area (Å²) >= 11 is 1.57. The summed E-state index contributed by atoms with van der Waals surface area (Å²) in [4.78, 5) is 31.5. The van der Waals surface area contributed by atoms with Crippen LogP contribution in [0.3, 0.4) is 0 Å². The zero-order chi connectivity index (χ0) is 14.8. The Labute approximate surface area is 128 Å². The Morgan fingerprint density at radius 1 is 1.57 bits per heavy atom. The van der Waals surface area contributed by atoms with Gasteiger partial charge in [-0.25, -0.2) is 4.98 Å². The topological polar surface area (TPSA) is 58.4 Å². The van der Waals surface area contributed by atoms with Crippen LogP contribution in [0.15, 0.2) is 12.4 Å². The van der Waals surface area contributed by atoms with Crippen molar-refractivity contribution in [3.63, 3.8) is 0 Å². The Hall–Kier alpha value is -1.50. The molecule has 7 heteroatoms. The molecule has 1 saturated heterocycles. The van der Waals surface area contributed by atoms with Crippen LogP contribution in [0.1, 0.15) is 12.2 Å². The van der Waals surface area contributed by atoms with Crippen LogP contribution in [0.2, 0.25) is 0 Å². The summed E-state index contributed by atoms with van der Waals surface area (Å²) < 4.78 is 2.18. The van der Waals surface area contributed by atoms with Gasteiger partial charge in [-0.05, 0) is 12.3 Å². The molecule has 1 aromatic rings. The molecule has 2 amide bonds. The number of aryl methyl sites for hydroxylation is 1. The second kappa shape index (κ2) is 6.09. The lowest BCUT2D eigenvalue weighted by Gasteiger charge is -2.28. The van der Waals surface area contributed by atoms with E-state index >= 15 is 0 Å². The quantitative estimate of drug-likeness (QED) is 0.810. The minimum absolute atomic E-state index is 0.0276. The highest BCUT2D eigenvalue weighted by atomic mass is 32.2. The molecule has 21 heavy (non-hydrogen) atoms. The smallest absolute Gasteiger partial charge is 0.241 e. The van der Waals surface area contributed by atoms with Crippen LogP contribution in [0.5, 0.6) is 0 Å². The molecular formula is C14H20N4O2S. The Morgan fingerprint density at radius 2 is 2.43 bits per heavy atom. The van der Waals surface area contributed by atoms with E-state index in [0.717, 1.165) is 31.8 Å². The molecule has 1 aromatic heterocycles. The molecule has 3 heterocycles. The normalized spacial score (nSPS) is 21.5. The summed E-state index contributed by atoms with van der Waals surface area (Å²) in [6.07, 6.45) is 5.84. The van der Waals surface area contributed by atoms with Crippen LogP contribution in [-0.4, -0.2) is 62.9 Å². The van der Waals surface area contributed by atoms with Gasteiger partial charge in [-0.1, -0.05) is 0 Å². The van der Waals surface area contributed by atoms with Gasteiger partial charge in [-0.15, -0.1) is 11.8 Å². The maximum absolute atomic E-state index is 12.2. The molecule has 0 saturated carbocycles. The standard InChI is InChI=1S/C14H20N4O2S/c1-16(13(19)8-18-10-21-9-14(18)20)7-11-2-4-17-5-3-15-12(17)6-11/h3,5,11H,2,4,6-10H2,1H3/t11-/m1/s1. The van der Waals surface area contributed by atoms with Gasteiger partial charge in [-0.3, -0.25) is 9.59 Å². The fourth-order valence-electron chi connectivity index (χ4n) is 2.88. The molecule has 0 unspecified atom stereocenters. The highest BCUT2D eigenvalue weighted by molar-refractivity contribution is 8.00. The highest BCUT2D eigenvalue weighted by Gasteiger charge is 2.26. The first kappa shape index (κ1) is 14.4. The average molecular weight is 308 g/mol. The number of fused-ring (bicyclic) bond motifs is 1. The first-order valence-corrected chi connectivity index (χ1v) is 8.38. The Kier molecular flexibility index (Phi) is 4.19. The monoisotopic (exact) mass is 308 g/mol. The van der Waals surface area contributed by atoms with Gasteiger partial charge in [-0.2, -0.15) is 0 Å². The molecule has 114 valence electrons. The number of amides is 2. The molecule has 0 bridgehead atoms. The summed E-state index contributed by atoms with van der Waals surface area (Å²) in [5.41, 5.74) is 0. The third kappa shape index (κ3) is 3.23. The lowest BCUT2D eigenvalue weighted by atomic mass is 9.97. The number of thioether (sulfide) groups is 1. The van der Waals surface area contributed by atoms with E-state index in [1.54, 1.807) is 21.6 Å². The van der Waals surface area contributed by atoms with Gasteiger partial charge in [0.15, 0.2) is 0 Å². The van der Waals surface area contributed by atoms with Gasteiger partial charge in [0.2, 0.25) is 11.8 Å². The molecule has 0 spiro atoms. The first-order chi connectivity index (χ1) is 10.1. The molecular weight excluding hydrogens is 288 g/mol. The van der Waals surface area contributed by atoms with Gasteiger partial charge in [0, 0.05) is 39.0 Å². The number of carbonyl (C=O) groups excluding carboxylic acids is 2. The Bertz CT molecular complexity index is 545. The molecule has 1 fully saturated rings. The lowest BCUT2D eigenvalue weighted by molar-refractivity contribution is -0.137. The maximum Gasteiger partial charge on any atom is 0.241 e. The third-order valence-corrected chi connectivity index (χ3v) is 5.11. The van der Waals surface area contributed by atoms with Crippen LogP contribution >= 0.6 is 11.8 Å². The van der Waals surface area contributed by atoms with Crippen LogP contribution < -0.4 is 0 Å². The number of imidazole rings is 1. The van der Waals surface area contributed by atoms with E-state index in [0.29, 0.717) is 17.5 Å². The third-order valence-electron chi connectivity index (χ3n) is 4.16. The minimum atomic E-state index is 0.0276. The van der Waals surface area contributed by atoms with Crippen molar-refractivity contribution in [3.8, 4) is 0 Å². The largest absolute Gasteiger partial charge is 0.344 e. The molecule has 3 rings (SSSR count). The summed E-state index contributed by atoms with van der Waals surface area (Å²) in [6, 6.07) is 0. The second-order valence-electron chi connectivity index (χ2n) is 5.74. The number of rotatable bonds is 4. The van der Waals surface area contributed by atoms with Crippen molar-refractivity contribution in [2.75, 3.05) is 31.8 Å². The van der Waals surface area contributed by atoms with Gasteiger partial charge in [0.1, 0.15) is 12.4 Å². The SMILES string of the molecule is CN(C[C@@H]1CCn2ccnc2C1)C(=O)CN1CSCC1=O. The summed E-state index contributed by atoms with van der Waals surface area (Å²) in [7, 11) is 1.83. The maximum atomic E-state index is 12.2. The molecule has 0 radical (unpaired) electrons. The average Bonchev–Trinajstić information content (AvgIpc) is 3.07. The van der Waals surface area contributed by atoms with Crippen molar-refractivity contribution in [2.45, 2.75) is 19.4 Å². The predicted molar refractivity (Wildman–Crippen MR) is 80.7 cm³/mol. The zero-order valence-corrected chi connectivity index (χ0v) is 13.0. The number of hydrogen-bond acceptors (Lipinski definition) is 4. The fraction of sp³-hybridized carbons (Fsp3) is 0.643. The second-order valence-corrected chi connectivity index (χ2v) is 6.69. The van der Waals surface area contributed by atoms with E-state index in [9.17, 15) is 9.59 Å². The number of likely N-dealkylation sites (N-methyl/N-ethyl adjacent to an activating group) is 1. The molecule has 0 aromatic carbocycles. The van der Waals surface area contributed by atoms with Crippen molar-refractivity contribution in [2.24, 2.45) is 5.92 Å². The van der Waals surface area contributed by atoms with Crippen molar-refractivity contribution in [1.82, 2.24) is 19.4 Å². The highest BCUT2D eigenvalue weighted by Crippen LogP contribution is 2.20. The Morgan fingerprint density at radius 3 is 3.19 bits per heavy atom. The van der Waals surface area contributed by atoms with Gasteiger partial charge in [0.25, 0.3) is 0 Å². The first-order valence-electron chi connectivity index (χ1n) is 7.23. The Balaban J connectivity index is 1.51. The minimum Gasteiger partial charge on any atom is -0.344 e. The van der Waals surface area contributed by atoms with Crippen LogP contribution in [0.25, 0.3) is 0 Å². The lowest BCUT2D eigenvalue weighted by Crippen LogP contribution is -2.42. The van der Waals surface area contributed by atoms with E-state index in [1.165, 1.54) is 0 Å². The number of nitrogens with zero attached hydrogens (tertiary/aromatic N) is 4. The molecule has 6 nitrogen and oxygen atoms in total. The van der Waals surface area contributed by atoms with Crippen molar-refractivity contribution < 1.29 is 9.59 Å². The van der Waals surface area contributed by atoms with Gasteiger partial charge in [0.05, 0.1) is 11.6 Å². The molecule has 1 atom stereocenters. The fourth-order valence-corrected chi connectivity index (χ4v) is 3.79. The number of hydrogen-bond donors (Lipinski definition) is 0. The number of carbonyl (C=O) groups is 2. The molecule has 0 N–H and O–H groups in total. The molecule has 2 aliphatic rings. The van der Waals surface area contributed by atoms with Crippen molar-refractivity contribution in [3.05, 3.63) is 18.2 Å². The molecule has 2 aliphatic heterocycles. The van der Waals surface area contributed by atoms with Crippen molar-refractivity contribution >= 4 is 23.6 Å². The summed E-state index contributed by atoms with van der Waals surface area (Å²) in [6.45, 7) is 1.92. The summed E-state index contributed by atoms with van der Waals surface area (Å²) in [5.74, 6) is 2.80. The molecule has 0 aliphatic carbocycles. The van der Waals surface area contributed by atoms with E-state index in [-0.39, 0.29) is 18.4 Å².